The Balaban J connectivity index is 4.10. The van der Waals surface area contributed by atoms with Crippen molar-refractivity contribution in [2.45, 2.75) is 40.5 Å². The van der Waals surface area contributed by atoms with E-state index in [0.29, 0.717) is 5.92 Å². The van der Waals surface area contributed by atoms with E-state index in [1.54, 1.807) is 6.92 Å². The number of hydrogen-bond donors (Lipinski definition) is 2. The highest BCUT2D eigenvalue weighted by molar-refractivity contribution is 5.79. The molecule has 0 aliphatic carbocycles. The highest BCUT2D eigenvalue weighted by Crippen LogP contribution is 2.19. The molecular formula is C12H23NO3. The predicted molar refractivity (Wildman–Crippen MR) is 63.0 cm³/mol. The van der Waals surface area contributed by atoms with E-state index in [1.807, 2.05) is 6.92 Å². The van der Waals surface area contributed by atoms with Crippen LogP contribution in [0.5, 0.6) is 0 Å². The molecule has 2 N–H and O–H groups in total. The first-order valence-electron chi connectivity index (χ1n) is 5.94. The minimum atomic E-state index is -0.879. The zero-order valence-corrected chi connectivity index (χ0v) is 10.6. The summed E-state index contributed by atoms with van der Waals surface area (Å²) in [7, 11) is 0. The SMILES string of the molecule is CCC(CC)C(C)C(=O)NCC(C)C(=O)O. The van der Waals surface area contributed by atoms with Gasteiger partial charge in [0.25, 0.3) is 0 Å². The average molecular weight is 229 g/mol. The van der Waals surface area contributed by atoms with Gasteiger partial charge in [-0.05, 0) is 5.92 Å². The third-order valence-corrected chi connectivity index (χ3v) is 3.17. The van der Waals surface area contributed by atoms with E-state index in [0.717, 1.165) is 12.8 Å². The monoisotopic (exact) mass is 229 g/mol. The molecule has 0 aromatic carbocycles. The number of hydrogen-bond acceptors (Lipinski definition) is 2. The summed E-state index contributed by atoms with van der Waals surface area (Å²) in [6, 6.07) is 0. The quantitative estimate of drug-likeness (QED) is 0.700. The van der Waals surface area contributed by atoms with E-state index in [1.165, 1.54) is 0 Å². The number of amides is 1. The van der Waals surface area contributed by atoms with Gasteiger partial charge >= 0.3 is 5.97 Å². The van der Waals surface area contributed by atoms with Gasteiger partial charge in [0, 0.05) is 12.5 Å². The van der Waals surface area contributed by atoms with Crippen LogP contribution in [0.2, 0.25) is 0 Å². The lowest BCUT2D eigenvalue weighted by molar-refractivity contribution is -0.141. The lowest BCUT2D eigenvalue weighted by atomic mass is 9.88. The Bertz CT molecular complexity index is 236. The van der Waals surface area contributed by atoms with Crippen LogP contribution in [0.15, 0.2) is 0 Å². The van der Waals surface area contributed by atoms with Crippen LogP contribution < -0.4 is 5.32 Å². The zero-order chi connectivity index (χ0) is 12.7. The van der Waals surface area contributed by atoms with Crippen LogP contribution in [0, 0.1) is 17.8 Å². The smallest absolute Gasteiger partial charge is 0.308 e. The van der Waals surface area contributed by atoms with Gasteiger partial charge in [-0.3, -0.25) is 9.59 Å². The number of carbonyl (C=O) groups is 2. The maximum absolute atomic E-state index is 11.7. The van der Waals surface area contributed by atoms with Crippen LogP contribution in [0.25, 0.3) is 0 Å². The molecule has 0 fully saturated rings. The first kappa shape index (κ1) is 14.9. The van der Waals surface area contributed by atoms with Crippen LogP contribution >= 0.6 is 0 Å². The molecule has 0 aromatic heterocycles. The fourth-order valence-corrected chi connectivity index (χ4v) is 1.71. The van der Waals surface area contributed by atoms with Crippen LogP contribution in [0.4, 0.5) is 0 Å². The fraction of sp³-hybridized carbons (Fsp3) is 0.833. The van der Waals surface area contributed by atoms with E-state index in [4.69, 9.17) is 5.11 Å². The Morgan fingerprint density at radius 1 is 1.19 bits per heavy atom. The van der Waals surface area contributed by atoms with E-state index in [2.05, 4.69) is 19.2 Å². The molecule has 0 saturated heterocycles. The van der Waals surface area contributed by atoms with Crippen molar-refractivity contribution in [2.75, 3.05) is 6.54 Å². The molecule has 0 aliphatic heterocycles. The van der Waals surface area contributed by atoms with Crippen molar-refractivity contribution in [1.29, 1.82) is 0 Å². The van der Waals surface area contributed by atoms with E-state index in [9.17, 15) is 9.59 Å². The van der Waals surface area contributed by atoms with Gasteiger partial charge < -0.3 is 10.4 Å². The van der Waals surface area contributed by atoms with E-state index < -0.39 is 11.9 Å². The predicted octanol–water partition coefficient (Wildman–Crippen LogP) is 1.90. The summed E-state index contributed by atoms with van der Waals surface area (Å²) in [5.41, 5.74) is 0. The van der Waals surface area contributed by atoms with Gasteiger partial charge in [-0.1, -0.05) is 40.5 Å². The number of rotatable bonds is 7. The molecule has 4 heteroatoms. The summed E-state index contributed by atoms with van der Waals surface area (Å²) >= 11 is 0. The van der Waals surface area contributed by atoms with Crippen LogP contribution in [-0.4, -0.2) is 23.5 Å². The number of carboxylic acid groups (broad SMARTS) is 1. The van der Waals surface area contributed by atoms with Gasteiger partial charge in [-0.15, -0.1) is 0 Å². The van der Waals surface area contributed by atoms with Gasteiger partial charge in [-0.2, -0.15) is 0 Å². The second-order valence-corrected chi connectivity index (χ2v) is 4.35. The molecule has 0 spiro atoms. The van der Waals surface area contributed by atoms with Crippen molar-refractivity contribution in [2.24, 2.45) is 17.8 Å². The number of nitrogens with one attached hydrogen (secondary N) is 1. The van der Waals surface area contributed by atoms with Crippen molar-refractivity contribution >= 4 is 11.9 Å². The standard InChI is InChI=1S/C12H23NO3/c1-5-10(6-2)9(4)11(14)13-7-8(3)12(15)16/h8-10H,5-7H2,1-4H3,(H,13,14)(H,15,16). The Hall–Kier alpha value is -1.06. The average Bonchev–Trinajstić information content (AvgIpc) is 2.26. The Kier molecular flexibility index (Phi) is 6.77. The Morgan fingerprint density at radius 2 is 1.69 bits per heavy atom. The number of carboxylic acids is 1. The van der Waals surface area contributed by atoms with Crippen molar-refractivity contribution in [3.8, 4) is 0 Å². The molecule has 0 saturated carbocycles. The van der Waals surface area contributed by atoms with Crippen LogP contribution in [-0.2, 0) is 9.59 Å². The van der Waals surface area contributed by atoms with Gasteiger partial charge in [0.2, 0.25) is 5.91 Å². The van der Waals surface area contributed by atoms with E-state index in [-0.39, 0.29) is 18.4 Å². The molecule has 94 valence electrons. The topological polar surface area (TPSA) is 66.4 Å². The van der Waals surface area contributed by atoms with Gasteiger partial charge in [0.05, 0.1) is 5.92 Å². The zero-order valence-electron chi connectivity index (χ0n) is 10.6. The molecule has 0 heterocycles. The van der Waals surface area contributed by atoms with Crippen molar-refractivity contribution in [1.82, 2.24) is 5.32 Å². The summed E-state index contributed by atoms with van der Waals surface area (Å²) in [6.45, 7) is 7.83. The van der Waals surface area contributed by atoms with Crippen LogP contribution in [0.1, 0.15) is 40.5 Å². The molecule has 2 unspecified atom stereocenters. The molecule has 1 amide bonds. The summed E-state index contributed by atoms with van der Waals surface area (Å²) in [4.78, 5) is 22.3. The molecular weight excluding hydrogens is 206 g/mol. The van der Waals surface area contributed by atoms with Crippen LogP contribution in [0.3, 0.4) is 0 Å². The normalized spacial score (nSPS) is 14.6. The third kappa shape index (κ3) is 4.64. The molecule has 0 aliphatic rings. The van der Waals surface area contributed by atoms with E-state index >= 15 is 0 Å². The van der Waals surface area contributed by atoms with Gasteiger partial charge in [0.1, 0.15) is 0 Å². The lowest BCUT2D eigenvalue weighted by Crippen LogP contribution is -2.37. The lowest BCUT2D eigenvalue weighted by Gasteiger charge is -2.21. The maximum Gasteiger partial charge on any atom is 0.308 e. The second-order valence-electron chi connectivity index (χ2n) is 4.35. The number of carbonyl (C=O) groups excluding carboxylic acids is 1. The molecule has 0 radical (unpaired) electrons. The van der Waals surface area contributed by atoms with Gasteiger partial charge in [-0.25, -0.2) is 0 Å². The van der Waals surface area contributed by atoms with Crippen molar-refractivity contribution < 1.29 is 14.7 Å². The van der Waals surface area contributed by atoms with Crippen molar-refractivity contribution in [3.05, 3.63) is 0 Å². The minimum absolute atomic E-state index is 0.0400. The first-order valence-corrected chi connectivity index (χ1v) is 5.94. The second kappa shape index (κ2) is 7.25. The number of aliphatic carboxylic acids is 1. The highest BCUT2D eigenvalue weighted by Gasteiger charge is 2.22. The summed E-state index contributed by atoms with van der Waals surface area (Å²) in [6.07, 6.45) is 1.94. The summed E-state index contributed by atoms with van der Waals surface area (Å²) in [5, 5.41) is 11.4. The molecule has 4 nitrogen and oxygen atoms in total. The summed E-state index contributed by atoms with van der Waals surface area (Å²) < 4.78 is 0. The minimum Gasteiger partial charge on any atom is -0.481 e. The fourth-order valence-electron chi connectivity index (χ4n) is 1.71. The highest BCUT2D eigenvalue weighted by atomic mass is 16.4. The Labute approximate surface area is 97.4 Å². The molecule has 0 rings (SSSR count). The summed E-state index contributed by atoms with van der Waals surface area (Å²) in [5.74, 6) is -1.12. The van der Waals surface area contributed by atoms with Crippen molar-refractivity contribution in [3.63, 3.8) is 0 Å². The van der Waals surface area contributed by atoms with Gasteiger partial charge in [0.15, 0.2) is 0 Å². The largest absolute Gasteiger partial charge is 0.481 e. The third-order valence-electron chi connectivity index (χ3n) is 3.17. The molecule has 0 bridgehead atoms. The first-order chi connectivity index (χ1) is 7.43. The maximum atomic E-state index is 11.7. The molecule has 2 atom stereocenters. The molecule has 0 aromatic rings. The Morgan fingerprint density at radius 3 is 2.06 bits per heavy atom. The molecule has 16 heavy (non-hydrogen) atoms.